The van der Waals surface area contributed by atoms with Gasteiger partial charge < -0.3 is 4.74 Å². The fourth-order valence-electron chi connectivity index (χ4n) is 4.88. The zero-order valence-electron chi connectivity index (χ0n) is 17.9. The van der Waals surface area contributed by atoms with E-state index in [-0.39, 0.29) is 22.9 Å². The van der Waals surface area contributed by atoms with E-state index in [2.05, 4.69) is 0 Å². The average Bonchev–Trinajstić information content (AvgIpc) is 2.57. The first-order chi connectivity index (χ1) is 12.5. The van der Waals surface area contributed by atoms with Crippen molar-refractivity contribution in [3.8, 4) is 5.75 Å². The van der Waals surface area contributed by atoms with Crippen LogP contribution in [0, 0.1) is 5.92 Å². The molecule has 2 fully saturated rings. The van der Waals surface area contributed by atoms with Crippen molar-refractivity contribution in [2.45, 2.75) is 43.6 Å². The molecular weight excluding hydrogens is 262 g/mol. The maximum Gasteiger partial charge on any atom is 0.180 e. The number of likely N-dealkylation sites (N-methyl/N-ethyl adjacent to an activating group) is 1. The van der Waals surface area contributed by atoms with Crippen molar-refractivity contribution >= 4 is 5.78 Å². The van der Waals surface area contributed by atoms with Gasteiger partial charge in [0.05, 0.1) is 17.2 Å². The van der Waals surface area contributed by atoms with Crippen LogP contribution in [0.3, 0.4) is 0 Å². The highest BCUT2D eigenvalue weighted by Gasteiger charge is 2.56. The second kappa shape index (κ2) is 4.57. The van der Waals surface area contributed by atoms with Gasteiger partial charge in [0, 0.05) is 15.1 Å². The van der Waals surface area contributed by atoms with Crippen LogP contribution in [-0.2, 0) is 5.41 Å². The van der Waals surface area contributed by atoms with Crippen molar-refractivity contribution in [2.75, 3.05) is 20.6 Å². The van der Waals surface area contributed by atoms with E-state index in [1.807, 2.05) is 0 Å². The Balaban J connectivity index is 1.85. The quantitative estimate of drug-likeness (QED) is 0.796. The number of Topliss-reactive ketones (excluding diaryl/α,β-unsaturated/α-hetero) is 1. The monoisotopic (exact) mass is 291 g/mol. The van der Waals surface area contributed by atoms with Crippen molar-refractivity contribution in [3.63, 3.8) is 0 Å². The Morgan fingerprint density at radius 2 is 2.33 bits per heavy atom. The molecule has 3 atom stereocenters. The molecule has 3 heteroatoms. The molecule has 112 valence electrons. The minimum atomic E-state index is -2.55. The number of methoxy groups -OCH3 is 1. The molecule has 1 aliphatic heterocycles. The predicted octanol–water partition coefficient (Wildman–Crippen LogP) is 3.02. The number of hydrogen-bond donors (Lipinski definition) is 0. The summed E-state index contributed by atoms with van der Waals surface area (Å²) in [5.41, 5.74) is 1.09. The number of hydrogen-bond acceptors (Lipinski definition) is 3. The van der Waals surface area contributed by atoms with Crippen LogP contribution in [0.4, 0.5) is 0 Å². The molecule has 1 aromatic carbocycles. The zero-order valence-corrected chi connectivity index (χ0v) is 11.9. The van der Waals surface area contributed by atoms with Crippen LogP contribution in [0.25, 0.3) is 0 Å². The van der Waals surface area contributed by atoms with Gasteiger partial charge in [0.2, 0.25) is 0 Å². The van der Waals surface area contributed by atoms with E-state index < -0.39 is 20.1 Å². The van der Waals surface area contributed by atoms with Crippen LogP contribution in [0.15, 0.2) is 18.2 Å². The molecule has 0 amide bonds. The number of fused-ring (bicyclic) bond motifs is 1. The first-order valence-electron chi connectivity index (χ1n) is 10.7. The summed E-state index contributed by atoms with van der Waals surface area (Å²) in [4.78, 5) is 14.7. The molecule has 0 spiro atoms. The second-order valence-electron chi connectivity index (χ2n) is 6.57. The van der Waals surface area contributed by atoms with Crippen LogP contribution in [0.1, 0.15) is 56.3 Å². The van der Waals surface area contributed by atoms with Crippen molar-refractivity contribution in [2.24, 2.45) is 5.92 Å². The third kappa shape index (κ3) is 1.67. The highest BCUT2D eigenvalue weighted by Crippen LogP contribution is 2.55. The number of nitrogens with zero attached hydrogens (tertiary/aromatic N) is 1. The second-order valence-corrected chi connectivity index (χ2v) is 6.57. The summed E-state index contributed by atoms with van der Waals surface area (Å²) in [6.07, 6.45) is 4.36. The Morgan fingerprint density at radius 1 is 1.38 bits per heavy atom. The summed E-state index contributed by atoms with van der Waals surface area (Å²) >= 11 is 0. The molecule has 1 saturated carbocycles. The maximum absolute atomic E-state index is 13.3. The van der Waals surface area contributed by atoms with Gasteiger partial charge in [-0.1, -0.05) is 12.8 Å². The van der Waals surface area contributed by atoms with Crippen molar-refractivity contribution in [1.29, 1.82) is 0 Å². The van der Waals surface area contributed by atoms with Crippen molar-refractivity contribution < 1.29 is 17.8 Å². The summed E-state index contributed by atoms with van der Waals surface area (Å²) in [6.45, 7) is -1.96. The van der Waals surface area contributed by atoms with Crippen LogP contribution in [0.5, 0.6) is 5.75 Å². The van der Waals surface area contributed by atoms with E-state index in [1.54, 1.807) is 12.1 Å². The zero-order chi connectivity index (χ0) is 19.6. The molecular formula is C18H23NO2. The molecule has 0 aromatic heterocycles. The summed E-state index contributed by atoms with van der Waals surface area (Å²) in [7, 11) is -2.55. The molecule has 2 aliphatic carbocycles. The normalized spacial score (nSPS) is 40.5. The number of carbonyl (C=O) groups is 1. The van der Waals surface area contributed by atoms with Crippen molar-refractivity contribution in [3.05, 3.63) is 29.3 Å². The highest BCUT2D eigenvalue weighted by molar-refractivity contribution is 6.03. The van der Waals surface area contributed by atoms with Gasteiger partial charge in [-0.3, -0.25) is 9.69 Å². The van der Waals surface area contributed by atoms with Gasteiger partial charge in [0.25, 0.3) is 0 Å². The Hall–Kier alpha value is -1.35. The minimum Gasteiger partial charge on any atom is -0.497 e. The lowest BCUT2D eigenvalue weighted by Crippen LogP contribution is -2.62. The standard InChI is InChI=1S/C18H23NO2/c1-19-10-9-18-8-4-3-5-14(18)16(19)17(20)13-7-6-12(21-2)11-15(13)18/h6-7,11,14,16H,3-5,8-10H2,1-2H3/t14-,16-,18+/m1/s1/i1D3,2D3. The molecule has 1 saturated heterocycles. The summed E-state index contributed by atoms with van der Waals surface area (Å²) in [5.74, 6) is 0.0177. The molecule has 1 heterocycles. The molecule has 0 radical (unpaired) electrons. The Kier molecular flexibility index (Phi) is 1.81. The van der Waals surface area contributed by atoms with E-state index in [0.717, 1.165) is 31.2 Å². The number of ketones is 1. The number of benzene rings is 1. The van der Waals surface area contributed by atoms with Gasteiger partial charge in [-0.2, -0.15) is 0 Å². The first-order valence-corrected chi connectivity index (χ1v) is 7.67. The maximum atomic E-state index is 13.3. The van der Waals surface area contributed by atoms with E-state index in [9.17, 15) is 4.79 Å². The molecule has 2 bridgehead atoms. The molecule has 21 heavy (non-hydrogen) atoms. The van der Waals surface area contributed by atoms with E-state index >= 15 is 0 Å². The molecule has 1 aromatic rings. The molecule has 3 aliphatic rings. The SMILES string of the molecule is [2H]C([2H])([2H])Oc1ccc2c(c1)[C@]13CCCC[C@@H]1[C@H](C2=O)N(C([2H])([2H])[2H])CC3. The van der Waals surface area contributed by atoms with Gasteiger partial charge in [0.1, 0.15) is 5.75 Å². The highest BCUT2D eigenvalue weighted by atomic mass is 16.5. The summed E-state index contributed by atoms with van der Waals surface area (Å²) in [5, 5.41) is 0. The number of likely N-dealkylation sites (tertiary alicyclic amines) is 1. The molecule has 4 rings (SSSR count). The number of carbonyl (C=O) groups excluding carboxylic acids is 1. The van der Waals surface area contributed by atoms with Gasteiger partial charge >= 0.3 is 0 Å². The molecule has 0 unspecified atom stereocenters. The van der Waals surface area contributed by atoms with Gasteiger partial charge in [-0.05, 0) is 62.5 Å². The first kappa shape index (κ1) is 8.33. The van der Waals surface area contributed by atoms with E-state index in [4.69, 9.17) is 13.0 Å². The van der Waals surface area contributed by atoms with Crippen molar-refractivity contribution in [1.82, 2.24) is 4.90 Å². The van der Waals surface area contributed by atoms with Gasteiger partial charge in [-0.15, -0.1) is 0 Å². The van der Waals surface area contributed by atoms with Crippen LogP contribution in [0.2, 0.25) is 0 Å². The lowest BCUT2D eigenvalue weighted by molar-refractivity contribution is 0.00835. The van der Waals surface area contributed by atoms with Gasteiger partial charge in [-0.25, -0.2) is 0 Å². The largest absolute Gasteiger partial charge is 0.497 e. The summed E-state index contributed by atoms with van der Waals surface area (Å²) in [6, 6.07) is 4.19. The molecule has 3 nitrogen and oxygen atoms in total. The van der Waals surface area contributed by atoms with Gasteiger partial charge in [0.15, 0.2) is 5.78 Å². The average molecular weight is 291 g/mol. The smallest absolute Gasteiger partial charge is 0.180 e. The van der Waals surface area contributed by atoms with Crippen LogP contribution >= 0.6 is 0 Å². The number of piperidine rings is 1. The Bertz CT molecular complexity index is 774. The Morgan fingerprint density at radius 3 is 3.19 bits per heavy atom. The van der Waals surface area contributed by atoms with Crippen LogP contribution < -0.4 is 4.74 Å². The number of rotatable bonds is 1. The fourth-order valence-corrected chi connectivity index (χ4v) is 4.88. The van der Waals surface area contributed by atoms with E-state index in [0.29, 0.717) is 18.5 Å². The third-order valence-corrected chi connectivity index (χ3v) is 5.79. The number of ether oxygens (including phenoxy) is 1. The molecule has 0 N–H and O–H groups in total. The summed E-state index contributed by atoms with van der Waals surface area (Å²) < 4.78 is 50.7. The fraction of sp³-hybridized carbons (Fsp3) is 0.611. The predicted molar refractivity (Wildman–Crippen MR) is 82.0 cm³/mol. The topological polar surface area (TPSA) is 29.5 Å². The van der Waals surface area contributed by atoms with Crippen LogP contribution in [-0.4, -0.2) is 37.3 Å². The van der Waals surface area contributed by atoms with E-state index in [1.165, 1.54) is 11.0 Å². The Labute approximate surface area is 134 Å². The minimum absolute atomic E-state index is 0.0524. The lowest BCUT2D eigenvalue weighted by Gasteiger charge is -2.57. The lowest BCUT2D eigenvalue weighted by atomic mass is 9.52. The third-order valence-electron chi connectivity index (χ3n) is 5.79.